The van der Waals surface area contributed by atoms with Gasteiger partial charge in [0.05, 0.1) is 12.0 Å². The molecule has 0 radical (unpaired) electrons. The second-order valence-corrected chi connectivity index (χ2v) is 4.39. The van der Waals surface area contributed by atoms with Crippen molar-refractivity contribution in [2.45, 2.75) is 6.61 Å². The SMILES string of the molecule is COc1cc(/C=C/[N+](=O)[O-])ccc1OCc1ccccc1F. The topological polar surface area (TPSA) is 61.6 Å². The molecule has 0 aliphatic rings. The van der Waals surface area contributed by atoms with E-state index in [1.807, 2.05) is 0 Å². The number of methoxy groups -OCH3 is 1. The van der Waals surface area contributed by atoms with Gasteiger partial charge in [-0.25, -0.2) is 4.39 Å². The molecule has 0 unspecified atom stereocenters. The molecule has 2 rings (SSSR count). The van der Waals surface area contributed by atoms with Crippen molar-refractivity contribution in [3.63, 3.8) is 0 Å². The van der Waals surface area contributed by atoms with Gasteiger partial charge in [0.1, 0.15) is 12.4 Å². The fraction of sp³-hybridized carbons (Fsp3) is 0.125. The number of nitrogens with zero attached hydrogens (tertiary/aromatic N) is 1. The first-order valence-electron chi connectivity index (χ1n) is 6.46. The molecule has 0 aromatic heterocycles. The van der Waals surface area contributed by atoms with Crippen molar-refractivity contribution in [2.24, 2.45) is 0 Å². The van der Waals surface area contributed by atoms with Gasteiger partial charge in [0.25, 0.3) is 0 Å². The fourth-order valence-electron chi connectivity index (χ4n) is 1.82. The summed E-state index contributed by atoms with van der Waals surface area (Å²) in [4.78, 5) is 9.77. The zero-order valence-electron chi connectivity index (χ0n) is 11.9. The molecule has 2 aromatic carbocycles. The van der Waals surface area contributed by atoms with Crippen LogP contribution < -0.4 is 9.47 Å². The van der Waals surface area contributed by atoms with E-state index in [1.165, 1.54) is 19.3 Å². The molecule has 0 saturated carbocycles. The number of hydrogen-bond donors (Lipinski definition) is 0. The summed E-state index contributed by atoms with van der Waals surface area (Å²) in [6.07, 6.45) is 2.19. The normalized spacial score (nSPS) is 10.6. The van der Waals surface area contributed by atoms with E-state index in [-0.39, 0.29) is 12.4 Å². The van der Waals surface area contributed by atoms with Crippen LogP contribution >= 0.6 is 0 Å². The third-order valence-corrected chi connectivity index (χ3v) is 2.92. The molecular formula is C16H14FNO4. The van der Waals surface area contributed by atoms with Crippen LogP contribution in [-0.4, -0.2) is 12.0 Å². The number of nitro groups is 1. The summed E-state index contributed by atoms with van der Waals surface area (Å²) < 4.78 is 24.3. The maximum absolute atomic E-state index is 13.5. The van der Waals surface area contributed by atoms with Crippen molar-refractivity contribution in [3.05, 3.63) is 75.7 Å². The first kappa shape index (κ1) is 15.5. The zero-order chi connectivity index (χ0) is 15.9. The molecule has 0 atom stereocenters. The third-order valence-electron chi connectivity index (χ3n) is 2.92. The van der Waals surface area contributed by atoms with Crippen molar-refractivity contribution >= 4 is 6.08 Å². The van der Waals surface area contributed by atoms with Gasteiger partial charge in [-0.2, -0.15) is 0 Å². The Kier molecular flexibility index (Phi) is 5.08. The Morgan fingerprint density at radius 3 is 2.68 bits per heavy atom. The van der Waals surface area contributed by atoms with Crippen LogP contribution in [-0.2, 0) is 6.61 Å². The number of ether oxygens (including phenoxy) is 2. The summed E-state index contributed by atoms with van der Waals surface area (Å²) in [5.74, 6) is 0.512. The molecular weight excluding hydrogens is 289 g/mol. The highest BCUT2D eigenvalue weighted by Gasteiger charge is 2.07. The lowest BCUT2D eigenvalue weighted by atomic mass is 10.2. The Balaban J connectivity index is 2.14. The highest BCUT2D eigenvalue weighted by Crippen LogP contribution is 2.29. The monoisotopic (exact) mass is 303 g/mol. The Hall–Kier alpha value is -2.89. The highest BCUT2D eigenvalue weighted by atomic mass is 19.1. The molecule has 0 aliphatic carbocycles. The van der Waals surface area contributed by atoms with Crippen LogP contribution in [0.2, 0.25) is 0 Å². The molecule has 0 fully saturated rings. The summed E-state index contributed by atoms with van der Waals surface area (Å²) in [5, 5.41) is 10.3. The third kappa shape index (κ3) is 4.05. The lowest BCUT2D eigenvalue weighted by Crippen LogP contribution is -2.00. The summed E-state index contributed by atoms with van der Waals surface area (Å²) in [7, 11) is 1.46. The van der Waals surface area contributed by atoms with Gasteiger partial charge < -0.3 is 9.47 Å². The maximum atomic E-state index is 13.5. The van der Waals surface area contributed by atoms with Crippen LogP contribution in [0.1, 0.15) is 11.1 Å². The predicted octanol–water partition coefficient (Wildman–Crippen LogP) is 3.66. The molecule has 2 aromatic rings. The molecule has 6 heteroatoms. The predicted molar refractivity (Wildman–Crippen MR) is 79.8 cm³/mol. The Labute approximate surface area is 126 Å². The van der Waals surface area contributed by atoms with E-state index in [4.69, 9.17) is 9.47 Å². The minimum atomic E-state index is -0.547. The van der Waals surface area contributed by atoms with E-state index in [0.29, 0.717) is 22.6 Å². The Morgan fingerprint density at radius 2 is 2.00 bits per heavy atom. The van der Waals surface area contributed by atoms with E-state index >= 15 is 0 Å². The summed E-state index contributed by atoms with van der Waals surface area (Å²) >= 11 is 0. The van der Waals surface area contributed by atoms with E-state index in [1.54, 1.807) is 36.4 Å². The second-order valence-electron chi connectivity index (χ2n) is 4.39. The fourth-order valence-corrected chi connectivity index (χ4v) is 1.82. The van der Waals surface area contributed by atoms with Crippen molar-refractivity contribution in [1.29, 1.82) is 0 Å². The standard InChI is InChI=1S/C16H14FNO4/c1-21-16-10-12(8-9-18(19)20)6-7-15(16)22-11-13-4-2-3-5-14(13)17/h2-10H,11H2,1H3/b9-8+. The summed E-state index contributed by atoms with van der Waals surface area (Å²) in [6.45, 7) is 0.0626. The van der Waals surface area contributed by atoms with Gasteiger partial charge in [-0.3, -0.25) is 10.1 Å². The van der Waals surface area contributed by atoms with Crippen LogP contribution in [0.4, 0.5) is 4.39 Å². The molecule has 5 nitrogen and oxygen atoms in total. The van der Waals surface area contributed by atoms with Gasteiger partial charge in [-0.1, -0.05) is 24.3 Å². The van der Waals surface area contributed by atoms with Crippen LogP contribution in [0.3, 0.4) is 0 Å². The Morgan fingerprint density at radius 1 is 1.23 bits per heavy atom. The maximum Gasteiger partial charge on any atom is 0.235 e. The van der Waals surface area contributed by atoms with Crippen molar-refractivity contribution in [1.82, 2.24) is 0 Å². The molecule has 0 bridgehead atoms. The molecule has 0 aliphatic heterocycles. The van der Waals surface area contributed by atoms with Gasteiger partial charge in [0, 0.05) is 11.6 Å². The van der Waals surface area contributed by atoms with Crippen LogP contribution in [0.15, 0.2) is 48.7 Å². The Bertz CT molecular complexity index is 700. The molecule has 0 saturated heterocycles. The van der Waals surface area contributed by atoms with Gasteiger partial charge in [0.2, 0.25) is 6.20 Å². The molecule has 0 amide bonds. The van der Waals surface area contributed by atoms with Crippen LogP contribution in [0, 0.1) is 15.9 Å². The van der Waals surface area contributed by atoms with Gasteiger partial charge >= 0.3 is 0 Å². The molecule has 114 valence electrons. The lowest BCUT2D eigenvalue weighted by molar-refractivity contribution is -0.400. The number of rotatable bonds is 6. The van der Waals surface area contributed by atoms with Crippen molar-refractivity contribution in [2.75, 3.05) is 7.11 Å². The number of hydrogen-bond acceptors (Lipinski definition) is 4. The first-order chi connectivity index (χ1) is 10.6. The molecule has 0 spiro atoms. The quantitative estimate of drug-likeness (QED) is 0.603. The van der Waals surface area contributed by atoms with Gasteiger partial charge in [0.15, 0.2) is 11.5 Å². The van der Waals surface area contributed by atoms with Gasteiger partial charge in [-0.05, 0) is 23.8 Å². The lowest BCUT2D eigenvalue weighted by Gasteiger charge is -2.11. The van der Waals surface area contributed by atoms with Gasteiger partial charge in [-0.15, -0.1) is 0 Å². The minimum Gasteiger partial charge on any atom is -0.493 e. The molecule has 0 N–H and O–H groups in total. The van der Waals surface area contributed by atoms with Crippen LogP contribution in [0.5, 0.6) is 11.5 Å². The smallest absolute Gasteiger partial charge is 0.235 e. The van der Waals surface area contributed by atoms with E-state index in [9.17, 15) is 14.5 Å². The summed E-state index contributed by atoms with van der Waals surface area (Å²) in [5.41, 5.74) is 1.04. The average molecular weight is 303 g/mol. The summed E-state index contributed by atoms with van der Waals surface area (Å²) in [6, 6.07) is 11.2. The average Bonchev–Trinajstić information content (AvgIpc) is 2.52. The highest BCUT2D eigenvalue weighted by molar-refractivity contribution is 5.55. The zero-order valence-corrected chi connectivity index (χ0v) is 11.9. The van der Waals surface area contributed by atoms with Crippen LogP contribution in [0.25, 0.3) is 6.08 Å². The van der Waals surface area contributed by atoms with Crippen molar-refractivity contribution < 1.29 is 18.8 Å². The number of halogens is 1. The van der Waals surface area contributed by atoms with E-state index in [0.717, 1.165) is 6.20 Å². The molecule has 0 heterocycles. The van der Waals surface area contributed by atoms with E-state index in [2.05, 4.69) is 0 Å². The number of benzene rings is 2. The first-order valence-corrected chi connectivity index (χ1v) is 6.46. The molecule has 22 heavy (non-hydrogen) atoms. The van der Waals surface area contributed by atoms with E-state index < -0.39 is 4.92 Å². The largest absolute Gasteiger partial charge is 0.493 e. The minimum absolute atomic E-state index is 0.0626. The van der Waals surface area contributed by atoms with Crippen molar-refractivity contribution in [3.8, 4) is 11.5 Å². The second kappa shape index (κ2) is 7.21.